The van der Waals surface area contributed by atoms with Gasteiger partial charge in [0, 0.05) is 13.6 Å². The second kappa shape index (κ2) is 6.54. The van der Waals surface area contributed by atoms with E-state index in [9.17, 15) is 21.6 Å². The number of nitrogens with zero attached hydrogens (tertiary/aromatic N) is 3. The Bertz CT molecular complexity index is 941. The highest BCUT2D eigenvalue weighted by molar-refractivity contribution is 7.89. The molecule has 2 heterocycles. The maximum absolute atomic E-state index is 13.4. The molecule has 1 unspecified atom stereocenters. The van der Waals surface area contributed by atoms with Crippen LogP contribution in [0.3, 0.4) is 0 Å². The van der Waals surface area contributed by atoms with E-state index in [1.54, 1.807) is 0 Å². The number of halogens is 4. The number of hydrogen-bond donors (Lipinski definition) is 0. The summed E-state index contributed by atoms with van der Waals surface area (Å²) in [7, 11) is -2.58. The molecule has 1 aliphatic rings. The average Bonchev–Trinajstić information content (AvgIpc) is 3.12. The number of sulfonamides is 1. The molecule has 1 fully saturated rings. The van der Waals surface area contributed by atoms with Gasteiger partial charge in [0.25, 0.3) is 0 Å². The smallest absolute Gasteiger partial charge is 0.255 e. The summed E-state index contributed by atoms with van der Waals surface area (Å²) >= 11 is 6.09. The number of rotatable bonds is 3. The molecule has 0 amide bonds. The third-order valence-electron chi connectivity index (χ3n) is 4.50. The fraction of sp³-hybridized carbons (Fsp3) is 0.438. The summed E-state index contributed by atoms with van der Waals surface area (Å²) in [6.07, 6.45) is -3.78. The molecule has 142 valence electrons. The number of benzene rings is 1. The van der Waals surface area contributed by atoms with E-state index in [0.29, 0.717) is 12.8 Å². The second-order valence-corrected chi connectivity index (χ2v) is 8.37. The van der Waals surface area contributed by atoms with E-state index < -0.39 is 27.8 Å². The maximum atomic E-state index is 13.4. The van der Waals surface area contributed by atoms with E-state index in [0.717, 1.165) is 10.4 Å². The molecule has 0 saturated carbocycles. The SMILES string of the molecule is Cc1nn(C)c(Cl)c1S(=O)(=O)N1CCCC1c1ccccc1C(F)(F)F. The topological polar surface area (TPSA) is 55.2 Å². The summed E-state index contributed by atoms with van der Waals surface area (Å²) in [5.41, 5.74) is -0.646. The summed E-state index contributed by atoms with van der Waals surface area (Å²) in [6, 6.07) is 4.19. The van der Waals surface area contributed by atoms with Crippen molar-refractivity contribution in [2.75, 3.05) is 6.54 Å². The Balaban J connectivity index is 2.10. The maximum Gasteiger partial charge on any atom is 0.416 e. The molecule has 1 saturated heterocycles. The molecule has 1 aliphatic heterocycles. The molecule has 0 bridgehead atoms. The normalized spacial score (nSPS) is 19.2. The predicted octanol–water partition coefficient (Wildman–Crippen LogP) is 3.93. The molecule has 0 N–H and O–H groups in total. The molecule has 1 atom stereocenters. The predicted molar refractivity (Wildman–Crippen MR) is 90.3 cm³/mol. The lowest BCUT2D eigenvalue weighted by Crippen LogP contribution is -2.32. The molecular weight excluding hydrogens is 391 g/mol. The first kappa shape index (κ1) is 19.2. The lowest BCUT2D eigenvalue weighted by molar-refractivity contribution is -0.138. The zero-order valence-corrected chi connectivity index (χ0v) is 15.7. The average molecular weight is 408 g/mol. The van der Waals surface area contributed by atoms with Crippen molar-refractivity contribution in [1.29, 1.82) is 0 Å². The van der Waals surface area contributed by atoms with Gasteiger partial charge in [0.2, 0.25) is 10.0 Å². The van der Waals surface area contributed by atoms with Crippen LogP contribution in [0.2, 0.25) is 5.15 Å². The quantitative estimate of drug-likeness (QED) is 0.774. The van der Waals surface area contributed by atoms with Crippen molar-refractivity contribution >= 4 is 21.6 Å². The van der Waals surface area contributed by atoms with E-state index in [1.165, 1.54) is 36.9 Å². The lowest BCUT2D eigenvalue weighted by Gasteiger charge is -2.26. The van der Waals surface area contributed by atoms with Crippen LogP contribution in [0.15, 0.2) is 29.2 Å². The third-order valence-corrected chi connectivity index (χ3v) is 7.10. The van der Waals surface area contributed by atoms with Crippen molar-refractivity contribution in [3.05, 3.63) is 46.2 Å². The molecule has 10 heteroatoms. The number of alkyl halides is 3. The van der Waals surface area contributed by atoms with Crippen molar-refractivity contribution in [1.82, 2.24) is 14.1 Å². The number of aryl methyl sites for hydroxylation is 2. The second-order valence-electron chi connectivity index (χ2n) is 6.19. The van der Waals surface area contributed by atoms with Crippen molar-refractivity contribution in [2.24, 2.45) is 7.05 Å². The standard InChI is InChI=1S/C16H17ClF3N3O2S/c1-10-14(15(17)22(2)21-10)26(24,25)23-9-5-8-13(23)11-6-3-4-7-12(11)16(18,19)20/h3-4,6-7,13H,5,8-9H2,1-2H3. The van der Waals surface area contributed by atoms with Crippen molar-refractivity contribution < 1.29 is 21.6 Å². The molecule has 5 nitrogen and oxygen atoms in total. The van der Waals surface area contributed by atoms with E-state index in [4.69, 9.17) is 11.6 Å². The minimum atomic E-state index is -4.56. The summed E-state index contributed by atoms with van der Waals surface area (Å²) in [4.78, 5) is -0.155. The van der Waals surface area contributed by atoms with Gasteiger partial charge in [-0.15, -0.1) is 0 Å². The summed E-state index contributed by atoms with van der Waals surface area (Å²) in [5, 5.41) is 3.94. The van der Waals surface area contributed by atoms with Crippen LogP contribution in [0.25, 0.3) is 0 Å². The Morgan fingerprint density at radius 3 is 2.50 bits per heavy atom. The van der Waals surface area contributed by atoms with Gasteiger partial charge >= 0.3 is 6.18 Å². The Morgan fingerprint density at radius 2 is 1.92 bits per heavy atom. The first-order valence-electron chi connectivity index (χ1n) is 7.92. The first-order chi connectivity index (χ1) is 12.0. The Labute approximate surface area is 154 Å². The Kier molecular flexibility index (Phi) is 4.83. The molecule has 1 aromatic carbocycles. The van der Waals surface area contributed by atoms with E-state index >= 15 is 0 Å². The molecule has 3 rings (SSSR count). The highest BCUT2D eigenvalue weighted by Gasteiger charge is 2.43. The molecule has 0 spiro atoms. The van der Waals surface area contributed by atoms with Crippen molar-refractivity contribution in [2.45, 2.75) is 36.9 Å². The Morgan fingerprint density at radius 1 is 1.27 bits per heavy atom. The monoisotopic (exact) mass is 407 g/mol. The van der Waals surface area contributed by atoms with Gasteiger partial charge in [-0.2, -0.15) is 22.6 Å². The minimum absolute atomic E-state index is 0.0428. The van der Waals surface area contributed by atoms with Gasteiger partial charge in [-0.3, -0.25) is 4.68 Å². The van der Waals surface area contributed by atoms with Gasteiger partial charge in [-0.1, -0.05) is 29.8 Å². The summed E-state index contributed by atoms with van der Waals surface area (Å²) in [5.74, 6) is 0. The number of aromatic nitrogens is 2. The van der Waals surface area contributed by atoms with E-state index in [1.807, 2.05) is 0 Å². The molecular formula is C16H17ClF3N3O2S. The summed E-state index contributed by atoms with van der Waals surface area (Å²) in [6.45, 7) is 1.64. The van der Waals surface area contributed by atoms with E-state index in [-0.39, 0.29) is 27.9 Å². The van der Waals surface area contributed by atoms with Crippen LogP contribution in [0, 0.1) is 6.92 Å². The zero-order chi connectivity index (χ0) is 19.3. The van der Waals surface area contributed by atoms with Crippen molar-refractivity contribution in [3.63, 3.8) is 0 Å². The van der Waals surface area contributed by atoms with Gasteiger partial charge < -0.3 is 0 Å². The molecule has 1 aromatic heterocycles. The zero-order valence-electron chi connectivity index (χ0n) is 14.1. The van der Waals surface area contributed by atoms with Crippen LogP contribution < -0.4 is 0 Å². The Hall–Kier alpha value is -1.58. The van der Waals surface area contributed by atoms with Crippen LogP contribution in [-0.4, -0.2) is 29.0 Å². The van der Waals surface area contributed by atoms with Crippen LogP contribution in [0.5, 0.6) is 0 Å². The van der Waals surface area contributed by atoms with Crippen LogP contribution in [-0.2, 0) is 23.2 Å². The van der Waals surface area contributed by atoms with E-state index in [2.05, 4.69) is 5.10 Å². The van der Waals surface area contributed by atoms with Gasteiger partial charge in [0.05, 0.1) is 17.3 Å². The molecule has 2 aromatic rings. The largest absolute Gasteiger partial charge is 0.416 e. The van der Waals surface area contributed by atoms with Gasteiger partial charge in [-0.25, -0.2) is 8.42 Å². The fourth-order valence-corrected chi connectivity index (χ4v) is 5.79. The van der Waals surface area contributed by atoms with Crippen LogP contribution in [0.4, 0.5) is 13.2 Å². The number of hydrogen-bond acceptors (Lipinski definition) is 3. The van der Waals surface area contributed by atoms with Crippen LogP contribution in [0.1, 0.15) is 35.7 Å². The van der Waals surface area contributed by atoms with Gasteiger partial charge in [0.15, 0.2) is 0 Å². The highest BCUT2D eigenvalue weighted by Crippen LogP contribution is 2.43. The molecule has 0 aliphatic carbocycles. The van der Waals surface area contributed by atoms with Crippen LogP contribution >= 0.6 is 11.6 Å². The highest BCUT2D eigenvalue weighted by atomic mass is 35.5. The first-order valence-corrected chi connectivity index (χ1v) is 9.74. The van der Waals surface area contributed by atoms with Gasteiger partial charge in [-0.05, 0) is 31.4 Å². The summed E-state index contributed by atoms with van der Waals surface area (Å²) < 4.78 is 68.8. The lowest BCUT2D eigenvalue weighted by atomic mass is 9.99. The third kappa shape index (κ3) is 3.12. The minimum Gasteiger partial charge on any atom is -0.255 e. The molecule has 0 radical (unpaired) electrons. The van der Waals surface area contributed by atoms with Crippen molar-refractivity contribution in [3.8, 4) is 0 Å². The molecule has 26 heavy (non-hydrogen) atoms. The van der Waals surface area contributed by atoms with Gasteiger partial charge in [0.1, 0.15) is 10.0 Å². The fourth-order valence-electron chi connectivity index (χ4n) is 3.41.